The van der Waals surface area contributed by atoms with Crippen LogP contribution in [-0.4, -0.2) is 42.1 Å². The maximum absolute atomic E-state index is 4.32. The van der Waals surface area contributed by atoms with Crippen LogP contribution in [0.2, 0.25) is 0 Å². The molecule has 4 nitrogen and oxygen atoms in total. The van der Waals surface area contributed by atoms with Crippen molar-refractivity contribution in [2.45, 2.75) is 45.2 Å². The molecule has 1 aromatic rings. The third kappa shape index (κ3) is 4.39. The Morgan fingerprint density at radius 2 is 2.21 bits per heavy atom. The molecule has 0 saturated heterocycles. The van der Waals surface area contributed by atoms with E-state index in [2.05, 4.69) is 47.5 Å². The Balaban J connectivity index is 1.81. The van der Waals surface area contributed by atoms with Crippen molar-refractivity contribution in [3.8, 4) is 0 Å². The van der Waals surface area contributed by atoms with Gasteiger partial charge in [-0.3, -0.25) is 4.90 Å². The minimum atomic E-state index is 0.563. The molecule has 4 heteroatoms. The summed E-state index contributed by atoms with van der Waals surface area (Å²) in [5.74, 6) is 0.954. The molecular weight excluding hydrogens is 236 g/mol. The number of anilines is 2. The minimum absolute atomic E-state index is 0.563. The van der Waals surface area contributed by atoms with E-state index in [0.717, 1.165) is 37.1 Å². The fraction of sp³-hybridized carbons (Fsp3) is 0.667. The first kappa shape index (κ1) is 14.1. The first-order valence-electron chi connectivity index (χ1n) is 7.36. The molecule has 1 heterocycles. The number of nitrogens with one attached hydrogen (secondary N) is 2. The minimum Gasteiger partial charge on any atom is -0.383 e. The molecule has 0 amide bonds. The highest BCUT2D eigenvalue weighted by atomic mass is 15.2. The Morgan fingerprint density at radius 1 is 1.42 bits per heavy atom. The zero-order valence-electron chi connectivity index (χ0n) is 12.3. The van der Waals surface area contributed by atoms with Gasteiger partial charge in [-0.15, -0.1) is 0 Å². The lowest BCUT2D eigenvalue weighted by atomic mass is 10.2. The summed E-state index contributed by atoms with van der Waals surface area (Å²) in [6.07, 6.45) is 5.69. The second-order valence-corrected chi connectivity index (χ2v) is 5.48. The van der Waals surface area contributed by atoms with Crippen molar-refractivity contribution in [2.24, 2.45) is 0 Å². The maximum atomic E-state index is 4.32. The van der Waals surface area contributed by atoms with Gasteiger partial charge in [-0.05, 0) is 39.3 Å². The van der Waals surface area contributed by atoms with E-state index in [0.29, 0.717) is 6.04 Å². The van der Waals surface area contributed by atoms with Crippen molar-refractivity contribution in [1.29, 1.82) is 0 Å². The van der Waals surface area contributed by atoms with E-state index in [-0.39, 0.29) is 0 Å². The molecule has 2 rings (SSSR count). The molecule has 2 N–H and O–H groups in total. The largest absolute Gasteiger partial charge is 0.383 e. The number of rotatable bonds is 8. The van der Waals surface area contributed by atoms with Crippen LogP contribution in [0.25, 0.3) is 0 Å². The lowest BCUT2D eigenvalue weighted by molar-refractivity contribution is 0.257. The van der Waals surface area contributed by atoms with E-state index < -0.39 is 0 Å². The van der Waals surface area contributed by atoms with E-state index in [4.69, 9.17) is 0 Å². The second-order valence-electron chi connectivity index (χ2n) is 5.48. The Kier molecular flexibility index (Phi) is 5.02. The molecule has 1 aromatic heterocycles. The van der Waals surface area contributed by atoms with Gasteiger partial charge in [-0.2, -0.15) is 0 Å². The summed E-state index contributed by atoms with van der Waals surface area (Å²) in [5, 5.41) is 6.81. The SMILES string of the molecule is CCCNc1cc(NCC(C)N(C)C2CC2)ccn1. The molecule has 0 radical (unpaired) electrons. The molecule has 106 valence electrons. The molecule has 1 unspecified atom stereocenters. The van der Waals surface area contributed by atoms with Crippen LogP contribution in [-0.2, 0) is 0 Å². The molecule has 0 aliphatic heterocycles. The maximum Gasteiger partial charge on any atom is 0.127 e. The van der Waals surface area contributed by atoms with E-state index in [9.17, 15) is 0 Å². The first-order valence-corrected chi connectivity index (χ1v) is 7.36. The van der Waals surface area contributed by atoms with Crippen LogP contribution >= 0.6 is 0 Å². The highest BCUT2D eigenvalue weighted by Gasteiger charge is 2.28. The number of likely N-dealkylation sites (N-methyl/N-ethyl adjacent to an activating group) is 1. The van der Waals surface area contributed by atoms with Crippen LogP contribution in [0.15, 0.2) is 18.3 Å². The number of nitrogens with zero attached hydrogens (tertiary/aromatic N) is 2. The van der Waals surface area contributed by atoms with E-state index in [1.165, 1.54) is 12.8 Å². The standard InChI is InChI=1S/C15H26N4/c1-4-8-16-15-10-13(7-9-17-15)18-11-12(2)19(3)14-5-6-14/h7,9-10,12,14H,4-6,8,11H2,1-3H3,(H2,16,17,18). The fourth-order valence-corrected chi connectivity index (χ4v) is 2.14. The van der Waals surface area contributed by atoms with E-state index >= 15 is 0 Å². The van der Waals surface area contributed by atoms with Gasteiger partial charge >= 0.3 is 0 Å². The summed E-state index contributed by atoms with van der Waals surface area (Å²) >= 11 is 0. The number of hydrogen-bond donors (Lipinski definition) is 2. The average Bonchev–Trinajstić information content (AvgIpc) is 3.26. The fourth-order valence-electron chi connectivity index (χ4n) is 2.14. The first-order chi connectivity index (χ1) is 9.20. The molecule has 1 atom stereocenters. The van der Waals surface area contributed by atoms with Crippen LogP contribution in [0.1, 0.15) is 33.1 Å². The summed E-state index contributed by atoms with van der Waals surface area (Å²) in [6.45, 7) is 6.38. The third-order valence-corrected chi connectivity index (χ3v) is 3.74. The van der Waals surface area contributed by atoms with Crippen molar-refractivity contribution in [3.63, 3.8) is 0 Å². The van der Waals surface area contributed by atoms with Crippen LogP contribution in [0, 0.1) is 0 Å². The summed E-state index contributed by atoms with van der Waals surface area (Å²) < 4.78 is 0. The summed E-state index contributed by atoms with van der Waals surface area (Å²) in [5.41, 5.74) is 1.14. The molecular formula is C15H26N4. The predicted molar refractivity (Wildman–Crippen MR) is 81.8 cm³/mol. The van der Waals surface area contributed by atoms with Gasteiger partial charge in [0.05, 0.1) is 0 Å². The van der Waals surface area contributed by atoms with Gasteiger partial charge < -0.3 is 10.6 Å². The van der Waals surface area contributed by atoms with Crippen LogP contribution in [0.5, 0.6) is 0 Å². The van der Waals surface area contributed by atoms with Crippen molar-refractivity contribution < 1.29 is 0 Å². The molecule has 1 aliphatic rings. The third-order valence-electron chi connectivity index (χ3n) is 3.74. The lowest BCUT2D eigenvalue weighted by Gasteiger charge is -2.25. The molecule has 1 aliphatic carbocycles. The van der Waals surface area contributed by atoms with Gasteiger partial charge in [0.25, 0.3) is 0 Å². The normalized spacial score (nSPS) is 16.4. The zero-order valence-corrected chi connectivity index (χ0v) is 12.3. The van der Waals surface area contributed by atoms with Gasteiger partial charge in [-0.1, -0.05) is 6.92 Å². The molecule has 0 aromatic carbocycles. The predicted octanol–water partition coefficient (Wildman–Crippen LogP) is 2.80. The molecule has 0 spiro atoms. The van der Waals surface area contributed by atoms with Crippen LogP contribution < -0.4 is 10.6 Å². The van der Waals surface area contributed by atoms with Crippen molar-refractivity contribution in [1.82, 2.24) is 9.88 Å². The highest BCUT2D eigenvalue weighted by molar-refractivity contribution is 5.51. The van der Waals surface area contributed by atoms with Crippen LogP contribution in [0.3, 0.4) is 0 Å². The summed E-state index contributed by atoms with van der Waals surface area (Å²) in [4.78, 5) is 6.79. The average molecular weight is 262 g/mol. The van der Waals surface area contributed by atoms with Gasteiger partial charge in [-0.25, -0.2) is 4.98 Å². The quantitative estimate of drug-likeness (QED) is 0.756. The molecule has 19 heavy (non-hydrogen) atoms. The number of pyridine rings is 1. The Labute approximate surface area is 116 Å². The zero-order chi connectivity index (χ0) is 13.7. The Bertz CT molecular complexity index is 389. The molecule has 1 saturated carbocycles. The summed E-state index contributed by atoms with van der Waals surface area (Å²) in [6, 6.07) is 5.49. The van der Waals surface area contributed by atoms with Gasteiger partial charge in [0.15, 0.2) is 0 Å². The van der Waals surface area contributed by atoms with E-state index in [1.54, 1.807) is 0 Å². The van der Waals surface area contributed by atoms with Crippen LogP contribution in [0.4, 0.5) is 11.5 Å². The molecule has 1 fully saturated rings. The van der Waals surface area contributed by atoms with Gasteiger partial charge in [0.1, 0.15) is 5.82 Å². The smallest absolute Gasteiger partial charge is 0.127 e. The van der Waals surface area contributed by atoms with E-state index in [1.807, 2.05) is 12.3 Å². The Hall–Kier alpha value is -1.29. The monoisotopic (exact) mass is 262 g/mol. The van der Waals surface area contributed by atoms with Gasteiger partial charge in [0, 0.05) is 43.1 Å². The van der Waals surface area contributed by atoms with Crippen molar-refractivity contribution in [3.05, 3.63) is 18.3 Å². The number of hydrogen-bond acceptors (Lipinski definition) is 4. The highest BCUT2D eigenvalue weighted by Crippen LogP contribution is 2.27. The Morgan fingerprint density at radius 3 is 2.89 bits per heavy atom. The number of aromatic nitrogens is 1. The van der Waals surface area contributed by atoms with Crippen molar-refractivity contribution >= 4 is 11.5 Å². The second kappa shape index (κ2) is 6.75. The van der Waals surface area contributed by atoms with Gasteiger partial charge in [0.2, 0.25) is 0 Å². The molecule has 0 bridgehead atoms. The topological polar surface area (TPSA) is 40.2 Å². The summed E-state index contributed by atoms with van der Waals surface area (Å²) in [7, 11) is 2.23. The van der Waals surface area contributed by atoms with Crippen molar-refractivity contribution in [2.75, 3.05) is 30.8 Å². The lowest BCUT2D eigenvalue weighted by Crippen LogP contribution is -2.36.